The van der Waals surface area contributed by atoms with Crippen LogP contribution in [0.5, 0.6) is 0 Å². The number of hydrogen-bond donors (Lipinski definition) is 1. The fourth-order valence-electron chi connectivity index (χ4n) is 4.08. The maximum Gasteiger partial charge on any atom is 0.327 e. The van der Waals surface area contributed by atoms with Crippen LogP contribution in [0.2, 0.25) is 0 Å². The van der Waals surface area contributed by atoms with Crippen molar-refractivity contribution < 1.29 is 19.5 Å². The van der Waals surface area contributed by atoms with E-state index in [0.717, 1.165) is 17.6 Å². The molecule has 2 amide bonds. The predicted molar refractivity (Wildman–Crippen MR) is 106 cm³/mol. The van der Waals surface area contributed by atoms with E-state index >= 15 is 0 Å². The number of amides is 2. The third-order valence-electron chi connectivity index (χ3n) is 5.48. The van der Waals surface area contributed by atoms with Gasteiger partial charge < -0.3 is 14.9 Å². The Morgan fingerprint density at radius 3 is 2.61 bits per heavy atom. The molecule has 1 N–H and O–H groups in total. The molecule has 3 heterocycles. The van der Waals surface area contributed by atoms with Gasteiger partial charge in [-0.15, -0.1) is 17.5 Å². The Morgan fingerprint density at radius 1 is 1.29 bits per heavy atom. The molecule has 4 rings (SSSR count). The lowest BCUT2D eigenvalue weighted by Gasteiger charge is -2.37. The molecule has 2 atom stereocenters. The highest BCUT2D eigenvalue weighted by Gasteiger charge is 2.61. The molecular formula is C21H22N2O4S. The Hall–Kier alpha value is -2.50. The van der Waals surface area contributed by atoms with E-state index in [2.05, 4.69) is 5.73 Å². The second-order valence-corrected chi connectivity index (χ2v) is 9.56. The molecule has 3 aliphatic rings. The van der Waals surface area contributed by atoms with Crippen molar-refractivity contribution in [3.8, 4) is 0 Å². The molecule has 0 saturated carbocycles. The van der Waals surface area contributed by atoms with Gasteiger partial charge in [0.15, 0.2) is 0 Å². The molecule has 0 radical (unpaired) electrons. The largest absolute Gasteiger partial charge is 0.480 e. The van der Waals surface area contributed by atoms with Crippen molar-refractivity contribution in [1.82, 2.24) is 9.80 Å². The van der Waals surface area contributed by atoms with Crippen LogP contribution in [0.3, 0.4) is 0 Å². The highest BCUT2D eigenvalue weighted by Crippen LogP contribution is 2.52. The number of benzene rings is 1. The first-order valence-electron chi connectivity index (χ1n) is 9.36. The first kappa shape index (κ1) is 18.8. The number of nitrogens with zero attached hydrogens (tertiary/aromatic N) is 2. The van der Waals surface area contributed by atoms with Crippen LogP contribution in [0.25, 0.3) is 5.57 Å². The van der Waals surface area contributed by atoms with Gasteiger partial charge in [0.2, 0.25) is 5.91 Å². The molecule has 7 heteroatoms. The fraction of sp³-hybridized carbons (Fsp3) is 0.429. The van der Waals surface area contributed by atoms with Crippen LogP contribution in [0.15, 0.2) is 41.6 Å². The molecule has 1 aromatic rings. The molecule has 0 aromatic heterocycles. The van der Waals surface area contributed by atoms with Gasteiger partial charge in [-0.25, -0.2) is 4.79 Å². The number of carboxylic acid groups (broad SMARTS) is 1. The number of β-lactam (4-membered cyclic amide) rings is 1. The van der Waals surface area contributed by atoms with Crippen LogP contribution < -0.4 is 0 Å². The Labute approximate surface area is 167 Å². The molecule has 0 unspecified atom stereocenters. The number of carbonyl (C=O) groups is 3. The zero-order chi connectivity index (χ0) is 20.1. The minimum atomic E-state index is -0.984. The van der Waals surface area contributed by atoms with Gasteiger partial charge in [0.05, 0.1) is 12.1 Å². The minimum Gasteiger partial charge on any atom is -0.480 e. The van der Waals surface area contributed by atoms with E-state index in [4.69, 9.17) is 0 Å². The molecule has 1 aromatic carbocycles. The van der Waals surface area contributed by atoms with Crippen molar-refractivity contribution in [2.24, 2.45) is 0 Å². The number of fused-ring (bicyclic) bond motifs is 1. The zero-order valence-corrected chi connectivity index (χ0v) is 16.7. The molecule has 146 valence electrons. The van der Waals surface area contributed by atoms with Crippen molar-refractivity contribution in [1.29, 1.82) is 0 Å². The van der Waals surface area contributed by atoms with E-state index in [1.165, 1.54) is 16.7 Å². The summed E-state index contributed by atoms with van der Waals surface area (Å²) in [5.41, 5.74) is 5.47. The number of hydrogen-bond acceptors (Lipinski definition) is 4. The molecule has 3 saturated heterocycles. The predicted octanol–water partition coefficient (Wildman–Crippen LogP) is 2.36. The Kier molecular flexibility index (Phi) is 4.60. The summed E-state index contributed by atoms with van der Waals surface area (Å²) in [6, 6.07) is 8.78. The van der Waals surface area contributed by atoms with Gasteiger partial charge in [0.25, 0.3) is 5.91 Å². The third kappa shape index (κ3) is 3.05. The average Bonchev–Trinajstić information content (AvgIpc) is 3.17. The molecule has 3 fully saturated rings. The lowest BCUT2D eigenvalue weighted by molar-refractivity contribution is -0.152. The van der Waals surface area contributed by atoms with E-state index in [9.17, 15) is 19.5 Å². The highest BCUT2D eigenvalue weighted by atomic mass is 32.2. The Balaban J connectivity index is 1.74. The molecule has 3 aliphatic heterocycles. The quantitative estimate of drug-likeness (QED) is 0.479. The van der Waals surface area contributed by atoms with E-state index in [1.807, 2.05) is 44.2 Å². The van der Waals surface area contributed by atoms with E-state index in [-0.39, 0.29) is 17.2 Å². The number of carboxylic acids is 1. The monoisotopic (exact) mass is 398 g/mol. The van der Waals surface area contributed by atoms with Crippen LogP contribution >= 0.6 is 11.8 Å². The second-order valence-electron chi connectivity index (χ2n) is 7.83. The van der Waals surface area contributed by atoms with Crippen molar-refractivity contribution >= 4 is 35.1 Å². The van der Waals surface area contributed by atoms with Gasteiger partial charge in [-0.2, -0.15) is 0 Å². The van der Waals surface area contributed by atoms with Crippen LogP contribution in [0.4, 0.5) is 0 Å². The summed E-state index contributed by atoms with van der Waals surface area (Å²) < 4.78 is -0.576. The number of likely N-dealkylation sites (tertiary alicyclic amines) is 1. The summed E-state index contributed by atoms with van der Waals surface area (Å²) in [7, 11) is 0. The summed E-state index contributed by atoms with van der Waals surface area (Å²) in [5, 5.41) is 9.26. The van der Waals surface area contributed by atoms with Gasteiger partial charge >= 0.3 is 5.97 Å². The topological polar surface area (TPSA) is 77.9 Å². The zero-order valence-electron chi connectivity index (χ0n) is 15.8. The average molecular weight is 398 g/mol. The number of rotatable bonds is 4. The number of carbonyl (C=O) groups excluding carboxylic acids is 2. The van der Waals surface area contributed by atoms with Crippen LogP contribution in [-0.4, -0.2) is 61.9 Å². The van der Waals surface area contributed by atoms with Crippen LogP contribution in [-0.2, 0) is 14.4 Å². The molecule has 0 spiro atoms. The normalized spacial score (nSPS) is 25.4. The first-order chi connectivity index (χ1) is 13.3. The van der Waals surface area contributed by atoms with Crippen molar-refractivity contribution in [3.05, 3.63) is 47.2 Å². The van der Waals surface area contributed by atoms with Gasteiger partial charge in [-0.05, 0) is 25.8 Å². The number of aliphatic carboxylic acids is 1. The van der Waals surface area contributed by atoms with Gasteiger partial charge in [-0.1, -0.05) is 30.3 Å². The smallest absolute Gasteiger partial charge is 0.327 e. The molecule has 0 bridgehead atoms. The summed E-state index contributed by atoms with van der Waals surface area (Å²) in [6.45, 7) is 4.82. The van der Waals surface area contributed by atoms with E-state index < -0.39 is 16.8 Å². The lowest BCUT2D eigenvalue weighted by atomic mass is 9.95. The highest BCUT2D eigenvalue weighted by molar-refractivity contribution is 8.01. The summed E-state index contributed by atoms with van der Waals surface area (Å²) in [4.78, 5) is 39.8. The molecule has 0 aliphatic carbocycles. The lowest BCUT2D eigenvalue weighted by Crippen LogP contribution is -2.58. The summed E-state index contributed by atoms with van der Waals surface area (Å²) in [6.07, 6.45) is 1.40. The summed E-state index contributed by atoms with van der Waals surface area (Å²) in [5.74, 6) is -1.15. The maximum absolute atomic E-state index is 12.8. The first-order valence-corrected chi connectivity index (χ1v) is 10.2. The SMILES string of the molecule is CC1(C)S[C@@H]2C(=C=C(CN3CCCC3=O)c3ccccc3)C(=O)N2[C@H]1C(=O)O. The molecule has 6 nitrogen and oxygen atoms in total. The molecular weight excluding hydrogens is 376 g/mol. The van der Waals surface area contributed by atoms with Crippen molar-refractivity contribution in [3.63, 3.8) is 0 Å². The van der Waals surface area contributed by atoms with Crippen LogP contribution in [0.1, 0.15) is 32.3 Å². The van der Waals surface area contributed by atoms with Crippen molar-refractivity contribution in [2.45, 2.75) is 42.9 Å². The minimum absolute atomic E-state index is 0.115. The van der Waals surface area contributed by atoms with Gasteiger partial charge in [-0.3, -0.25) is 9.59 Å². The standard InChI is InChI=1S/C21H22N2O4S/c1-21(2)17(20(26)27)23-18(25)15(19(23)28-21)11-14(13-7-4-3-5-8-13)12-22-10-6-9-16(22)24/h3-5,7-8,17,19H,6,9-10,12H2,1-2H3,(H,26,27)/t11?,17-,19+/m0/s1. The van der Waals surface area contributed by atoms with E-state index in [1.54, 1.807) is 4.90 Å². The summed E-state index contributed by atoms with van der Waals surface area (Å²) >= 11 is 1.48. The van der Waals surface area contributed by atoms with Crippen molar-refractivity contribution in [2.75, 3.05) is 13.1 Å². The van der Waals surface area contributed by atoms with Gasteiger partial charge in [0, 0.05) is 23.3 Å². The van der Waals surface area contributed by atoms with E-state index in [0.29, 0.717) is 25.1 Å². The third-order valence-corrected chi connectivity index (χ3v) is 7.00. The Morgan fingerprint density at radius 2 is 2.00 bits per heavy atom. The maximum atomic E-state index is 12.8. The van der Waals surface area contributed by atoms with Crippen LogP contribution in [0, 0.1) is 0 Å². The molecule has 28 heavy (non-hydrogen) atoms. The fourth-order valence-corrected chi connectivity index (χ4v) is 5.61. The number of thioether (sulfide) groups is 1. The van der Waals surface area contributed by atoms with Gasteiger partial charge in [0.1, 0.15) is 11.4 Å². The Bertz CT molecular complexity index is 918. The second kappa shape index (κ2) is 6.83.